The molecule has 0 aliphatic carbocycles. The number of nitrogens with zero attached hydrogens (tertiary/aromatic N) is 1. The van der Waals surface area contributed by atoms with Crippen LogP contribution in [0.15, 0.2) is 0 Å². The molecular weight excluding hydrogens is 165 g/mol. The standard InChI is InChI=1S/C9H18FN.C2H6/c1-4-11-6-5-9(3,10)8(2)7-11;1-2/h8H,4-7H2,1-3H3;1-2H3. The van der Waals surface area contributed by atoms with Gasteiger partial charge >= 0.3 is 0 Å². The Morgan fingerprint density at radius 1 is 1.46 bits per heavy atom. The van der Waals surface area contributed by atoms with Crippen LogP contribution >= 0.6 is 0 Å². The van der Waals surface area contributed by atoms with Gasteiger partial charge in [-0.2, -0.15) is 0 Å². The quantitative estimate of drug-likeness (QED) is 0.612. The second-order valence-electron chi connectivity index (χ2n) is 3.82. The zero-order valence-electron chi connectivity index (χ0n) is 9.73. The van der Waals surface area contributed by atoms with E-state index in [4.69, 9.17) is 0 Å². The Hall–Kier alpha value is -0.110. The van der Waals surface area contributed by atoms with Crippen molar-refractivity contribution in [3.63, 3.8) is 0 Å². The molecule has 0 saturated carbocycles. The summed E-state index contributed by atoms with van der Waals surface area (Å²) in [5, 5.41) is 0. The number of piperidine rings is 1. The van der Waals surface area contributed by atoms with Gasteiger partial charge in [-0.1, -0.05) is 27.7 Å². The molecule has 1 nitrogen and oxygen atoms in total. The second kappa shape index (κ2) is 5.58. The van der Waals surface area contributed by atoms with Gasteiger partial charge in [-0.15, -0.1) is 0 Å². The molecule has 0 N–H and O–H groups in total. The van der Waals surface area contributed by atoms with Crippen molar-refractivity contribution in [3.05, 3.63) is 0 Å². The predicted molar refractivity (Wildman–Crippen MR) is 56.8 cm³/mol. The third-order valence-electron chi connectivity index (χ3n) is 2.92. The minimum absolute atomic E-state index is 0.191. The fraction of sp³-hybridized carbons (Fsp3) is 1.00. The Kier molecular flexibility index (Phi) is 5.54. The molecule has 1 heterocycles. The normalized spacial score (nSPS) is 35.1. The predicted octanol–water partition coefficient (Wildman–Crippen LogP) is 3.10. The first-order valence-corrected chi connectivity index (χ1v) is 5.47. The van der Waals surface area contributed by atoms with Crippen LogP contribution in [0.4, 0.5) is 4.39 Å². The van der Waals surface area contributed by atoms with E-state index in [1.54, 1.807) is 6.92 Å². The molecule has 1 aliphatic rings. The highest BCUT2D eigenvalue weighted by atomic mass is 19.1. The van der Waals surface area contributed by atoms with Gasteiger partial charge in [0.15, 0.2) is 0 Å². The minimum atomic E-state index is -0.925. The Morgan fingerprint density at radius 3 is 2.38 bits per heavy atom. The summed E-state index contributed by atoms with van der Waals surface area (Å²) < 4.78 is 13.5. The zero-order chi connectivity index (χ0) is 10.5. The second-order valence-corrected chi connectivity index (χ2v) is 3.82. The SMILES string of the molecule is CC.CCN1CCC(C)(F)C(C)C1. The van der Waals surface area contributed by atoms with E-state index < -0.39 is 5.67 Å². The lowest BCUT2D eigenvalue weighted by atomic mass is 9.85. The van der Waals surface area contributed by atoms with Gasteiger partial charge in [-0.05, 0) is 19.9 Å². The van der Waals surface area contributed by atoms with Crippen molar-refractivity contribution in [1.29, 1.82) is 0 Å². The summed E-state index contributed by atoms with van der Waals surface area (Å²) in [6.45, 7) is 12.8. The number of rotatable bonds is 1. The molecule has 0 spiro atoms. The molecule has 2 unspecified atom stereocenters. The molecular formula is C11H24FN. The van der Waals surface area contributed by atoms with E-state index in [0.29, 0.717) is 6.42 Å². The summed E-state index contributed by atoms with van der Waals surface area (Å²) in [5.41, 5.74) is -0.925. The molecule has 0 aromatic rings. The summed E-state index contributed by atoms with van der Waals surface area (Å²) in [7, 11) is 0. The number of alkyl halides is 1. The lowest BCUT2D eigenvalue weighted by Crippen LogP contribution is -2.46. The van der Waals surface area contributed by atoms with Crippen LogP contribution in [-0.4, -0.2) is 30.2 Å². The van der Waals surface area contributed by atoms with Gasteiger partial charge in [0, 0.05) is 19.0 Å². The summed E-state index contributed by atoms with van der Waals surface area (Å²) in [6.07, 6.45) is 0.696. The minimum Gasteiger partial charge on any atom is -0.303 e. The third kappa shape index (κ3) is 3.63. The van der Waals surface area contributed by atoms with E-state index >= 15 is 0 Å². The first-order valence-electron chi connectivity index (χ1n) is 5.47. The number of hydrogen-bond acceptors (Lipinski definition) is 1. The molecule has 0 aromatic carbocycles. The lowest BCUT2D eigenvalue weighted by molar-refractivity contribution is 0.0224. The van der Waals surface area contributed by atoms with Gasteiger partial charge in [-0.3, -0.25) is 0 Å². The maximum Gasteiger partial charge on any atom is 0.113 e. The Bertz CT molecular complexity index is 134. The molecule has 1 aliphatic heterocycles. The zero-order valence-corrected chi connectivity index (χ0v) is 9.73. The van der Waals surface area contributed by atoms with Crippen LogP contribution in [0, 0.1) is 5.92 Å². The molecule has 0 radical (unpaired) electrons. The largest absolute Gasteiger partial charge is 0.303 e. The smallest absolute Gasteiger partial charge is 0.113 e. The van der Waals surface area contributed by atoms with E-state index in [0.717, 1.165) is 19.6 Å². The van der Waals surface area contributed by atoms with Crippen LogP contribution in [0.3, 0.4) is 0 Å². The first kappa shape index (κ1) is 12.9. The van der Waals surface area contributed by atoms with Gasteiger partial charge in [0.1, 0.15) is 5.67 Å². The average molecular weight is 189 g/mol. The number of halogens is 1. The maximum absolute atomic E-state index is 13.5. The molecule has 2 heteroatoms. The lowest BCUT2D eigenvalue weighted by Gasteiger charge is -2.38. The van der Waals surface area contributed by atoms with Crippen molar-refractivity contribution in [1.82, 2.24) is 4.90 Å². The van der Waals surface area contributed by atoms with E-state index in [-0.39, 0.29) is 5.92 Å². The molecule has 0 bridgehead atoms. The Morgan fingerprint density at radius 2 is 2.00 bits per heavy atom. The summed E-state index contributed by atoms with van der Waals surface area (Å²) in [4.78, 5) is 2.31. The van der Waals surface area contributed by atoms with Crippen LogP contribution in [-0.2, 0) is 0 Å². The van der Waals surface area contributed by atoms with E-state index in [9.17, 15) is 4.39 Å². The van der Waals surface area contributed by atoms with Crippen LogP contribution in [0.1, 0.15) is 41.0 Å². The summed E-state index contributed by atoms with van der Waals surface area (Å²) in [6, 6.07) is 0. The topological polar surface area (TPSA) is 3.24 Å². The first-order chi connectivity index (χ1) is 6.06. The maximum atomic E-state index is 13.5. The van der Waals surface area contributed by atoms with Crippen molar-refractivity contribution in [2.45, 2.75) is 46.7 Å². The van der Waals surface area contributed by atoms with E-state index in [1.165, 1.54) is 0 Å². The van der Waals surface area contributed by atoms with Gasteiger partial charge in [0.2, 0.25) is 0 Å². The Labute approximate surface area is 82.3 Å². The van der Waals surface area contributed by atoms with Crippen molar-refractivity contribution < 1.29 is 4.39 Å². The molecule has 80 valence electrons. The van der Waals surface area contributed by atoms with E-state index in [1.807, 2.05) is 20.8 Å². The van der Waals surface area contributed by atoms with Crippen molar-refractivity contribution >= 4 is 0 Å². The van der Waals surface area contributed by atoms with E-state index in [2.05, 4.69) is 11.8 Å². The number of hydrogen-bond donors (Lipinski definition) is 0. The molecule has 1 rings (SSSR count). The van der Waals surface area contributed by atoms with Crippen molar-refractivity contribution in [3.8, 4) is 0 Å². The molecule has 0 aromatic heterocycles. The third-order valence-corrected chi connectivity index (χ3v) is 2.92. The van der Waals surface area contributed by atoms with Gasteiger partial charge in [-0.25, -0.2) is 4.39 Å². The van der Waals surface area contributed by atoms with Gasteiger partial charge < -0.3 is 4.90 Å². The highest BCUT2D eigenvalue weighted by Crippen LogP contribution is 2.30. The Balaban J connectivity index is 0.000000671. The molecule has 1 fully saturated rings. The van der Waals surface area contributed by atoms with Crippen molar-refractivity contribution in [2.75, 3.05) is 19.6 Å². The van der Waals surface area contributed by atoms with Crippen LogP contribution in [0.25, 0.3) is 0 Å². The van der Waals surface area contributed by atoms with Crippen LogP contribution in [0.2, 0.25) is 0 Å². The number of likely N-dealkylation sites (tertiary alicyclic amines) is 1. The highest BCUT2D eigenvalue weighted by Gasteiger charge is 2.35. The highest BCUT2D eigenvalue weighted by molar-refractivity contribution is 4.87. The average Bonchev–Trinajstić information content (AvgIpc) is 2.13. The van der Waals surface area contributed by atoms with Crippen LogP contribution < -0.4 is 0 Å². The molecule has 13 heavy (non-hydrogen) atoms. The molecule has 0 amide bonds. The van der Waals surface area contributed by atoms with Crippen LogP contribution in [0.5, 0.6) is 0 Å². The summed E-state index contributed by atoms with van der Waals surface area (Å²) >= 11 is 0. The van der Waals surface area contributed by atoms with Gasteiger partial charge in [0.25, 0.3) is 0 Å². The monoisotopic (exact) mass is 189 g/mol. The fourth-order valence-corrected chi connectivity index (χ4v) is 1.58. The fourth-order valence-electron chi connectivity index (χ4n) is 1.58. The van der Waals surface area contributed by atoms with Crippen molar-refractivity contribution in [2.24, 2.45) is 5.92 Å². The molecule has 2 atom stereocenters. The molecule has 1 saturated heterocycles. The summed E-state index contributed by atoms with van der Waals surface area (Å²) in [5.74, 6) is 0.191. The van der Waals surface area contributed by atoms with Gasteiger partial charge in [0.05, 0.1) is 0 Å².